The quantitative estimate of drug-likeness (QED) is 0.705. The monoisotopic (exact) mass is 210 g/mol. The van der Waals surface area contributed by atoms with Gasteiger partial charge in [-0.05, 0) is 38.5 Å². The van der Waals surface area contributed by atoms with Crippen LogP contribution in [0, 0.1) is 0 Å². The highest BCUT2D eigenvalue weighted by Gasteiger charge is 2.43. The van der Waals surface area contributed by atoms with E-state index in [0.29, 0.717) is 12.1 Å². The highest BCUT2D eigenvalue weighted by atomic mass is 16.5. The fraction of sp³-hybridized carbons (Fsp3) is 1.00. The van der Waals surface area contributed by atoms with E-state index in [1.165, 1.54) is 38.5 Å². The molecule has 0 radical (unpaired) electrons. The molecule has 0 aliphatic carbocycles. The van der Waals surface area contributed by atoms with Crippen molar-refractivity contribution in [2.24, 2.45) is 5.73 Å². The number of hydrogen-bond donors (Lipinski definition) is 1. The van der Waals surface area contributed by atoms with E-state index in [0.717, 1.165) is 25.3 Å². The molecule has 3 unspecified atom stereocenters. The molecule has 0 aromatic heterocycles. The van der Waals surface area contributed by atoms with Crippen molar-refractivity contribution in [2.45, 2.75) is 62.7 Å². The number of ether oxygens (including phenoxy) is 1. The van der Waals surface area contributed by atoms with Crippen LogP contribution in [0.25, 0.3) is 0 Å². The number of rotatable bonds is 1. The molecule has 0 amide bonds. The second kappa shape index (κ2) is 4.04. The number of nitrogens with two attached hydrogens (primary N) is 1. The molecule has 3 nitrogen and oxygen atoms in total. The maximum atomic E-state index is 6.09. The molecule has 86 valence electrons. The molecule has 3 atom stereocenters. The van der Waals surface area contributed by atoms with E-state index >= 15 is 0 Å². The van der Waals surface area contributed by atoms with Crippen LogP contribution < -0.4 is 5.73 Å². The topological polar surface area (TPSA) is 38.5 Å². The lowest BCUT2D eigenvalue weighted by Gasteiger charge is -2.44. The number of piperidine rings is 1. The average Bonchev–Trinajstić information content (AvgIpc) is 2.53. The van der Waals surface area contributed by atoms with Crippen LogP contribution in [0.2, 0.25) is 0 Å². The zero-order valence-electron chi connectivity index (χ0n) is 9.40. The third kappa shape index (κ3) is 1.81. The molecule has 2 bridgehead atoms. The van der Waals surface area contributed by atoms with Crippen molar-refractivity contribution in [3.05, 3.63) is 0 Å². The minimum Gasteiger partial charge on any atom is -0.380 e. The van der Waals surface area contributed by atoms with Crippen molar-refractivity contribution >= 4 is 0 Å². The summed E-state index contributed by atoms with van der Waals surface area (Å²) < 4.78 is 5.61. The first-order valence-corrected chi connectivity index (χ1v) is 6.45. The van der Waals surface area contributed by atoms with Gasteiger partial charge in [-0.1, -0.05) is 0 Å². The van der Waals surface area contributed by atoms with Crippen LogP contribution in [0.5, 0.6) is 0 Å². The van der Waals surface area contributed by atoms with Crippen molar-refractivity contribution in [2.75, 3.05) is 13.2 Å². The van der Waals surface area contributed by atoms with Gasteiger partial charge < -0.3 is 10.5 Å². The zero-order valence-corrected chi connectivity index (χ0v) is 9.40. The summed E-state index contributed by atoms with van der Waals surface area (Å²) in [4.78, 5) is 2.75. The maximum absolute atomic E-state index is 6.09. The van der Waals surface area contributed by atoms with E-state index in [1.54, 1.807) is 0 Å². The third-order valence-electron chi connectivity index (χ3n) is 4.38. The van der Waals surface area contributed by atoms with Crippen LogP contribution in [-0.4, -0.2) is 42.3 Å². The van der Waals surface area contributed by atoms with Crippen molar-refractivity contribution in [1.82, 2.24) is 4.90 Å². The Labute approximate surface area is 91.9 Å². The highest BCUT2D eigenvalue weighted by Crippen LogP contribution is 2.38. The highest BCUT2D eigenvalue weighted by molar-refractivity contribution is 4.99. The minimum atomic E-state index is 0.461. The Morgan fingerprint density at radius 3 is 2.33 bits per heavy atom. The Kier molecular flexibility index (Phi) is 2.71. The summed E-state index contributed by atoms with van der Waals surface area (Å²) in [5, 5.41) is 0. The summed E-state index contributed by atoms with van der Waals surface area (Å²) in [5.41, 5.74) is 6.09. The Bertz CT molecular complexity index is 214. The fourth-order valence-corrected chi connectivity index (χ4v) is 3.81. The summed E-state index contributed by atoms with van der Waals surface area (Å²) in [6.07, 6.45) is 7.75. The maximum Gasteiger partial charge on any atom is 0.0622 e. The van der Waals surface area contributed by atoms with Gasteiger partial charge in [-0.25, -0.2) is 0 Å². The van der Waals surface area contributed by atoms with Crippen molar-refractivity contribution < 1.29 is 4.74 Å². The first kappa shape index (κ1) is 10.1. The largest absolute Gasteiger partial charge is 0.380 e. The van der Waals surface area contributed by atoms with Crippen molar-refractivity contribution in [3.8, 4) is 0 Å². The summed E-state index contributed by atoms with van der Waals surface area (Å²) >= 11 is 0. The lowest BCUT2D eigenvalue weighted by molar-refractivity contribution is -0.0183. The van der Waals surface area contributed by atoms with Gasteiger partial charge in [-0.3, -0.25) is 4.90 Å². The molecular formula is C12H22N2O. The first-order valence-electron chi connectivity index (χ1n) is 6.45. The first-order chi connectivity index (χ1) is 7.34. The van der Waals surface area contributed by atoms with Gasteiger partial charge in [0.05, 0.1) is 6.61 Å². The van der Waals surface area contributed by atoms with E-state index in [1.807, 2.05) is 0 Å². The number of fused-ring (bicyclic) bond motifs is 2. The van der Waals surface area contributed by atoms with Gasteiger partial charge in [0.1, 0.15) is 0 Å². The van der Waals surface area contributed by atoms with Crippen LogP contribution in [0.15, 0.2) is 0 Å². The molecule has 3 aliphatic rings. The number of hydrogen-bond acceptors (Lipinski definition) is 3. The summed E-state index contributed by atoms with van der Waals surface area (Å²) in [6, 6.07) is 2.70. The number of nitrogens with zero attached hydrogens (tertiary/aromatic N) is 1. The Morgan fingerprint density at radius 1 is 1.00 bits per heavy atom. The molecule has 0 aromatic carbocycles. The van der Waals surface area contributed by atoms with Crippen LogP contribution in [0.1, 0.15) is 38.5 Å². The fourth-order valence-electron chi connectivity index (χ4n) is 3.81. The second-order valence-electron chi connectivity index (χ2n) is 5.43. The zero-order chi connectivity index (χ0) is 10.3. The van der Waals surface area contributed by atoms with Gasteiger partial charge >= 0.3 is 0 Å². The smallest absolute Gasteiger partial charge is 0.0622 e. The van der Waals surface area contributed by atoms with Crippen LogP contribution in [0.4, 0.5) is 0 Å². The predicted octanol–water partition coefficient (Wildman–Crippen LogP) is 1.12. The van der Waals surface area contributed by atoms with E-state index in [9.17, 15) is 0 Å². The molecule has 3 heteroatoms. The molecule has 0 aromatic rings. The molecule has 2 N–H and O–H groups in total. The molecule has 15 heavy (non-hydrogen) atoms. The lowest BCUT2D eigenvalue weighted by atomic mass is 9.94. The van der Waals surface area contributed by atoms with E-state index in [-0.39, 0.29) is 0 Å². The van der Waals surface area contributed by atoms with Gasteiger partial charge in [0, 0.05) is 30.8 Å². The third-order valence-corrected chi connectivity index (χ3v) is 4.38. The van der Waals surface area contributed by atoms with Crippen LogP contribution in [-0.2, 0) is 4.74 Å². The van der Waals surface area contributed by atoms with Gasteiger partial charge in [0.2, 0.25) is 0 Å². The Hall–Kier alpha value is -0.120. The molecule has 0 saturated carbocycles. The van der Waals surface area contributed by atoms with Gasteiger partial charge in [0.25, 0.3) is 0 Å². The summed E-state index contributed by atoms with van der Waals surface area (Å²) in [6.45, 7) is 1.93. The standard InChI is InChI=1S/C12H22N2O/c13-9-6-10-3-4-11(7-9)14(10)12-2-1-5-15-8-12/h9-12H,1-8,13H2. The minimum absolute atomic E-state index is 0.461. The van der Waals surface area contributed by atoms with Crippen molar-refractivity contribution in [3.63, 3.8) is 0 Å². The van der Waals surface area contributed by atoms with E-state index < -0.39 is 0 Å². The Balaban J connectivity index is 1.70. The molecule has 3 rings (SSSR count). The van der Waals surface area contributed by atoms with Gasteiger partial charge in [0.15, 0.2) is 0 Å². The van der Waals surface area contributed by atoms with Crippen LogP contribution in [0.3, 0.4) is 0 Å². The lowest BCUT2D eigenvalue weighted by Crippen LogP contribution is -2.54. The van der Waals surface area contributed by atoms with Crippen LogP contribution >= 0.6 is 0 Å². The molecule has 3 aliphatic heterocycles. The molecule has 3 heterocycles. The second-order valence-corrected chi connectivity index (χ2v) is 5.43. The van der Waals surface area contributed by atoms with Gasteiger partial charge in [-0.15, -0.1) is 0 Å². The average molecular weight is 210 g/mol. The van der Waals surface area contributed by atoms with Gasteiger partial charge in [-0.2, -0.15) is 0 Å². The molecule has 3 saturated heterocycles. The summed E-state index contributed by atoms with van der Waals surface area (Å²) in [7, 11) is 0. The molecular weight excluding hydrogens is 188 g/mol. The predicted molar refractivity (Wildman–Crippen MR) is 59.7 cm³/mol. The molecule has 3 fully saturated rings. The van der Waals surface area contributed by atoms with E-state index in [2.05, 4.69) is 4.90 Å². The van der Waals surface area contributed by atoms with Crippen molar-refractivity contribution in [1.29, 1.82) is 0 Å². The SMILES string of the molecule is NC1CC2CCC(C1)N2C1CCCOC1. The summed E-state index contributed by atoms with van der Waals surface area (Å²) in [5.74, 6) is 0. The van der Waals surface area contributed by atoms with E-state index in [4.69, 9.17) is 10.5 Å². The normalized spacial score (nSPS) is 47.0. The Morgan fingerprint density at radius 2 is 1.73 bits per heavy atom. The molecule has 0 spiro atoms.